The highest BCUT2D eigenvalue weighted by Crippen LogP contribution is 2.22. The van der Waals surface area contributed by atoms with Crippen LogP contribution in [0.2, 0.25) is 0 Å². The molecule has 0 aliphatic heterocycles. The zero-order valence-corrected chi connectivity index (χ0v) is 16.3. The lowest BCUT2D eigenvalue weighted by atomic mass is 10.0. The zero-order valence-electron chi connectivity index (χ0n) is 15.5. The second kappa shape index (κ2) is 11.2. The van der Waals surface area contributed by atoms with Gasteiger partial charge in [0, 0.05) is 25.4 Å². The van der Waals surface area contributed by atoms with Gasteiger partial charge in [0.25, 0.3) is 0 Å². The average molecular weight is 404 g/mol. The van der Waals surface area contributed by atoms with E-state index in [9.17, 15) is 14.4 Å². The van der Waals surface area contributed by atoms with E-state index in [2.05, 4.69) is 22.1 Å². The quantitative estimate of drug-likeness (QED) is 0.430. The van der Waals surface area contributed by atoms with Gasteiger partial charge >= 0.3 is 5.97 Å². The molecule has 1 atom stereocenters. The van der Waals surface area contributed by atoms with Crippen LogP contribution in [0.5, 0.6) is 0 Å². The Hall–Kier alpha value is -2.71. The number of nitrogens with two attached hydrogens (primary N) is 1. The van der Waals surface area contributed by atoms with Gasteiger partial charge in [-0.25, -0.2) is 0 Å². The van der Waals surface area contributed by atoms with E-state index in [1.165, 1.54) is 5.56 Å². The third-order valence-electron chi connectivity index (χ3n) is 4.21. The summed E-state index contributed by atoms with van der Waals surface area (Å²) in [5.74, 6) is -1.59. The minimum absolute atomic E-state index is 0.0179. The van der Waals surface area contributed by atoms with Gasteiger partial charge in [-0.3, -0.25) is 14.4 Å². The number of nitrogens with one attached hydrogen (secondary N) is 2. The van der Waals surface area contributed by atoms with Crippen LogP contribution in [0, 0.1) is 0 Å². The van der Waals surface area contributed by atoms with Crippen LogP contribution in [0.4, 0.5) is 0 Å². The Morgan fingerprint density at radius 2 is 1.82 bits per heavy atom. The molecule has 2 amide bonds. The van der Waals surface area contributed by atoms with Crippen molar-refractivity contribution in [2.75, 3.05) is 13.1 Å². The van der Waals surface area contributed by atoms with Crippen molar-refractivity contribution in [3.63, 3.8) is 0 Å². The number of hydrogen-bond acceptors (Lipinski definition) is 5. The molecule has 0 aliphatic rings. The number of benzene rings is 1. The highest BCUT2D eigenvalue weighted by molar-refractivity contribution is 7.08. The monoisotopic (exact) mass is 403 g/mol. The van der Waals surface area contributed by atoms with Gasteiger partial charge in [0.1, 0.15) is 0 Å². The average Bonchev–Trinajstić information content (AvgIpc) is 3.19. The van der Waals surface area contributed by atoms with E-state index in [1.807, 2.05) is 29.6 Å². The summed E-state index contributed by atoms with van der Waals surface area (Å²) in [5.41, 5.74) is 8.45. The lowest BCUT2D eigenvalue weighted by Crippen LogP contribution is -2.44. The molecule has 0 radical (unpaired) electrons. The zero-order chi connectivity index (χ0) is 20.4. The van der Waals surface area contributed by atoms with Crippen molar-refractivity contribution in [3.8, 4) is 11.1 Å². The van der Waals surface area contributed by atoms with E-state index in [4.69, 9.17) is 10.8 Å². The van der Waals surface area contributed by atoms with Gasteiger partial charge in [-0.1, -0.05) is 24.3 Å². The molecule has 2 aromatic rings. The SMILES string of the molecule is NC(=O)CNCC(CCC(=O)O)NC(=O)CCc1ccc(-c2ccsc2)cc1. The summed E-state index contributed by atoms with van der Waals surface area (Å²) in [5, 5.41) is 18.6. The van der Waals surface area contributed by atoms with Gasteiger partial charge in [-0.05, 0) is 46.4 Å². The molecule has 2 rings (SSSR count). The fraction of sp³-hybridized carbons (Fsp3) is 0.350. The number of primary amides is 1. The molecular weight excluding hydrogens is 378 g/mol. The third-order valence-corrected chi connectivity index (χ3v) is 4.89. The van der Waals surface area contributed by atoms with Crippen LogP contribution in [0.25, 0.3) is 11.1 Å². The molecule has 0 spiro atoms. The number of carbonyl (C=O) groups is 3. The Morgan fingerprint density at radius 1 is 1.07 bits per heavy atom. The van der Waals surface area contributed by atoms with Crippen molar-refractivity contribution >= 4 is 29.1 Å². The standard InChI is InChI=1S/C20H25N3O4S/c21-18(24)12-22-11-17(6-8-20(26)27)23-19(25)7-3-14-1-4-15(5-2-14)16-9-10-28-13-16/h1-2,4-5,9-10,13,17,22H,3,6-8,11-12H2,(H2,21,24)(H,23,25)(H,26,27). The number of hydrogen-bond donors (Lipinski definition) is 4. The first kappa shape index (κ1) is 21.6. The molecule has 0 fully saturated rings. The first-order valence-electron chi connectivity index (χ1n) is 9.05. The Balaban J connectivity index is 1.81. The van der Waals surface area contributed by atoms with Gasteiger partial charge in [-0.2, -0.15) is 11.3 Å². The van der Waals surface area contributed by atoms with E-state index in [0.29, 0.717) is 12.8 Å². The molecule has 0 aliphatic carbocycles. The van der Waals surface area contributed by atoms with Gasteiger partial charge < -0.3 is 21.5 Å². The molecule has 150 valence electrons. The number of carboxylic acid groups (broad SMARTS) is 1. The number of rotatable bonds is 12. The lowest BCUT2D eigenvalue weighted by molar-refractivity contribution is -0.137. The summed E-state index contributed by atoms with van der Waals surface area (Å²) in [6, 6.07) is 9.80. The molecule has 1 heterocycles. The van der Waals surface area contributed by atoms with Crippen molar-refractivity contribution in [2.24, 2.45) is 5.73 Å². The molecule has 8 heteroatoms. The van der Waals surface area contributed by atoms with Crippen LogP contribution in [-0.4, -0.2) is 42.0 Å². The summed E-state index contributed by atoms with van der Waals surface area (Å²) in [7, 11) is 0. The van der Waals surface area contributed by atoms with Gasteiger partial charge in [0.05, 0.1) is 6.54 Å². The second-order valence-corrected chi connectivity index (χ2v) is 7.28. The van der Waals surface area contributed by atoms with E-state index < -0.39 is 11.9 Å². The Kier molecular flexibility index (Phi) is 8.64. The third kappa shape index (κ3) is 7.89. The number of thiophene rings is 1. The number of aliphatic carboxylic acids is 1. The van der Waals surface area contributed by atoms with Crippen molar-refractivity contribution in [1.29, 1.82) is 0 Å². The van der Waals surface area contributed by atoms with Crippen molar-refractivity contribution in [2.45, 2.75) is 31.7 Å². The topological polar surface area (TPSA) is 122 Å². The Labute approximate surface area is 167 Å². The highest BCUT2D eigenvalue weighted by Gasteiger charge is 2.14. The molecule has 5 N–H and O–H groups in total. The minimum Gasteiger partial charge on any atom is -0.481 e. The van der Waals surface area contributed by atoms with E-state index in [0.717, 1.165) is 11.1 Å². The fourth-order valence-electron chi connectivity index (χ4n) is 2.74. The number of aryl methyl sites for hydroxylation is 1. The molecule has 1 aromatic heterocycles. The number of carbonyl (C=O) groups excluding carboxylic acids is 2. The smallest absolute Gasteiger partial charge is 0.303 e. The van der Waals surface area contributed by atoms with E-state index in [-0.39, 0.29) is 37.9 Å². The first-order valence-corrected chi connectivity index (χ1v) is 10.00. The van der Waals surface area contributed by atoms with Crippen LogP contribution in [0.3, 0.4) is 0 Å². The summed E-state index contributed by atoms with van der Waals surface area (Å²) in [4.78, 5) is 33.8. The molecule has 1 aromatic carbocycles. The normalized spacial score (nSPS) is 11.7. The highest BCUT2D eigenvalue weighted by atomic mass is 32.1. The Bertz CT molecular complexity index is 775. The molecule has 0 saturated carbocycles. The molecular formula is C20H25N3O4S. The maximum atomic E-state index is 12.2. The van der Waals surface area contributed by atoms with Crippen LogP contribution < -0.4 is 16.4 Å². The summed E-state index contributed by atoms with van der Waals surface area (Å²) in [6.07, 6.45) is 1.11. The molecule has 7 nitrogen and oxygen atoms in total. The maximum absolute atomic E-state index is 12.2. The molecule has 28 heavy (non-hydrogen) atoms. The van der Waals surface area contributed by atoms with Gasteiger partial charge in [-0.15, -0.1) is 0 Å². The number of amides is 2. The van der Waals surface area contributed by atoms with E-state index in [1.54, 1.807) is 11.3 Å². The van der Waals surface area contributed by atoms with Crippen LogP contribution in [0.15, 0.2) is 41.1 Å². The van der Waals surface area contributed by atoms with Crippen molar-refractivity contribution < 1.29 is 19.5 Å². The number of carboxylic acids is 1. The molecule has 0 bridgehead atoms. The summed E-state index contributed by atoms with van der Waals surface area (Å²) >= 11 is 1.65. The van der Waals surface area contributed by atoms with Crippen LogP contribution >= 0.6 is 11.3 Å². The fourth-order valence-corrected chi connectivity index (χ4v) is 3.41. The lowest BCUT2D eigenvalue weighted by Gasteiger charge is -2.18. The summed E-state index contributed by atoms with van der Waals surface area (Å²) < 4.78 is 0. The Morgan fingerprint density at radius 3 is 2.43 bits per heavy atom. The van der Waals surface area contributed by atoms with Gasteiger partial charge in [0.2, 0.25) is 11.8 Å². The molecule has 0 saturated heterocycles. The van der Waals surface area contributed by atoms with Crippen LogP contribution in [0.1, 0.15) is 24.8 Å². The van der Waals surface area contributed by atoms with E-state index >= 15 is 0 Å². The summed E-state index contributed by atoms with van der Waals surface area (Å²) in [6.45, 7) is 0.271. The predicted octanol–water partition coefficient (Wildman–Crippen LogP) is 1.77. The molecule has 1 unspecified atom stereocenters. The second-order valence-electron chi connectivity index (χ2n) is 6.50. The largest absolute Gasteiger partial charge is 0.481 e. The van der Waals surface area contributed by atoms with Crippen molar-refractivity contribution in [1.82, 2.24) is 10.6 Å². The maximum Gasteiger partial charge on any atom is 0.303 e. The first-order chi connectivity index (χ1) is 13.4. The van der Waals surface area contributed by atoms with Gasteiger partial charge in [0.15, 0.2) is 0 Å². The van der Waals surface area contributed by atoms with Crippen LogP contribution in [-0.2, 0) is 20.8 Å². The predicted molar refractivity (Wildman–Crippen MR) is 109 cm³/mol. The van der Waals surface area contributed by atoms with Crippen molar-refractivity contribution in [3.05, 3.63) is 46.7 Å². The minimum atomic E-state index is -0.931.